The molecule has 0 radical (unpaired) electrons. The number of hydrogen-bond acceptors (Lipinski definition) is 0. The fourth-order valence-electron chi connectivity index (χ4n) is 2.28. The maximum absolute atomic E-state index is 12.5. The van der Waals surface area contributed by atoms with Gasteiger partial charge in [0.1, 0.15) is 0 Å². The van der Waals surface area contributed by atoms with E-state index in [-0.39, 0.29) is 51.4 Å². The molecule has 2 rings (SSSR count). The Hall–Kier alpha value is 0.711. The fourth-order valence-corrected chi connectivity index (χ4v) is 2.28. The summed E-state index contributed by atoms with van der Waals surface area (Å²) < 4.78 is 37.6. The quantitative estimate of drug-likeness (QED) is 0.668. The van der Waals surface area contributed by atoms with Crippen LogP contribution in [0.3, 0.4) is 0 Å². The Morgan fingerprint density at radius 1 is 1.06 bits per heavy atom. The summed E-state index contributed by atoms with van der Waals surface area (Å²) in [6.07, 6.45) is 4.36. The first-order chi connectivity index (χ1) is 7.07. The number of hydrogen-bond donors (Lipinski definition) is 0. The number of rotatable bonds is 2. The number of benzene rings is 1. The predicted molar refractivity (Wildman–Crippen MR) is 56.4 cm³/mol. The normalized spacial score (nSPS) is 17.2. The van der Waals surface area contributed by atoms with Crippen LogP contribution in [0, 0.1) is 0 Å². The largest absolute Gasteiger partial charge is 1.00 e. The minimum absolute atomic E-state index is 0. The molecule has 0 nitrogen and oxygen atoms in total. The van der Waals surface area contributed by atoms with Crippen LogP contribution in [0.1, 0.15) is 37.2 Å². The van der Waals surface area contributed by atoms with E-state index in [4.69, 9.17) is 0 Å². The third-order valence-corrected chi connectivity index (χ3v) is 3.12. The molecule has 82 valence electrons. The van der Waals surface area contributed by atoms with Crippen molar-refractivity contribution in [3.05, 3.63) is 29.8 Å². The first-order valence-corrected chi connectivity index (χ1v) is 5.37. The molecule has 0 unspecified atom stereocenters. The Kier molecular flexibility index (Phi) is 5.58. The molecular weight excluding hydrogens is 239 g/mol. The van der Waals surface area contributed by atoms with Crippen molar-refractivity contribution in [1.82, 2.24) is 0 Å². The second-order valence-corrected chi connectivity index (χ2v) is 4.23. The van der Waals surface area contributed by atoms with E-state index in [1.165, 1.54) is 18.2 Å². The molecule has 1 aromatic carbocycles. The van der Waals surface area contributed by atoms with Crippen molar-refractivity contribution in [2.45, 2.75) is 31.6 Å². The van der Waals surface area contributed by atoms with Crippen molar-refractivity contribution in [2.24, 2.45) is 0 Å². The Labute approximate surface area is 136 Å². The van der Waals surface area contributed by atoms with Gasteiger partial charge in [0.15, 0.2) is 0 Å². The fraction of sp³-hybridized carbons (Fsp3) is 0.455. The van der Waals surface area contributed by atoms with Gasteiger partial charge in [0.2, 0.25) is 0 Å². The van der Waals surface area contributed by atoms with Crippen LogP contribution in [0.5, 0.6) is 0 Å². The molecule has 1 aliphatic rings. The average Bonchev–Trinajstić information content (AvgIpc) is 2.69. The van der Waals surface area contributed by atoms with Crippen LogP contribution in [-0.2, 0) is 0 Å². The van der Waals surface area contributed by atoms with E-state index in [1.54, 1.807) is 0 Å². The maximum Gasteiger partial charge on any atom is 1.00 e. The van der Waals surface area contributed by atoms with Crippen molar-refractivity contribution in [3.8, 4) is 0 Å². The molecule has 0 heterocycles. The van der Waals surface area contributed by atoms with Gasteiger partial charge in [-0.3, -0.25) is 0 Å². The Morgan fingerprint density at radius 3 is 2.25 bits per heavy atom. The predicted octanol–water partition coefficient (Wildman–Crippen LogP) is 0.403. The van der Waals surface area contributed by atoms with Gasteiger partial charge >= 0.3 is 58.4 Å². The molecule has 1 aromatic rings. The summed E-state index contributed by atoms with van der Waals surface area (Å²) in [5.74, 6) is 0.350. The first-order valence-electron chi connectivity index (χ1n) is 5.37. The van der Waals surface area contributed by atoms with E-state index in [1.807, 2.05) is 6.07 Å². The molecule has 1 saturated carbocycles. The monoisotopic (exact) mass is 252 g/mol. The second-order valence-electron chi connectivity index (χ2n) is 4.23. The summed E-state index contributed by atoms with van der Waals surface area (Å²) in [6, 6.07) is 5.84. The molecule has 0 N–H and O–H groups in total. The van der Waals surface area contributed by atoms with Crippen LogP contribution >= 0.6 is 0 Å². The standard InChI is InChI=1S/C11H13BF3.K/c13-12(14,15)11-7-3-6-10(8-11)9-4-1-2-5-9;/h3,6-9H,1-2,4-5H2;/q-1;+1. The molecule has 16 heavy (non-hydrogen) atoms. The van der Waals surface area contributed by atoms with E-state index in [9.17, 15) is 12.9 Å². The van der Waals surface area contributed by atoms with Crippen molar-refractivity contribution in [1.29, 1.82) is 0 Å². The van der Waals surface area contributed by atoms with Gasteiger partial charge in [-0.2, -0.15) is 0 Å². The van der Waals surface area contributed by atoms with E-state index >= 15 is 0 Å². The van der Waals surface area contributed by atoms with Gasteiger partial charge in [-0.1, -0.05) is 37.1 Å². The van der Waals surface area contributed by atoms with E-state index < -0.39 is 12.4 Å². The third-order valence-electron chi connectivity index (χ3n) is 3.12. The summed E-state index contributed by atoms with van der Waals surface area (Å²) >= 11 is 0. The molecule has 0 aromatic heterocycles. The first kappa shape index (κ1) is 14.8. The minimum Gasteiger partial charge on any atom is -0.445 e. The average molecular weight is 252 g/mol. The van der Waals surface area contributed by atoms with Crippen molar-refractivity contribution >= 4 is 12.4 Å². The van der Waals surface area contributed by atoms with Crippen LogP contribution in [0.25, 0.3) is 0 Å². The summed E-state index contributed by atoms with van der Waals surface area (Å²) in [4.78, 5) is 0. The van der Waals surface area contributed by atoms with Crippen LogP contribution < -0.4 is 56.8 Å². The molecule has 0 aliphatic heterocycles. The van der Waals surface area contributed by atoms with Gasteiger partial charge in [0.25, 0.3) is 0 Å². The molecule has 0 amide bonds. The summed E-state index contributed by atoms with van der Waals surface area (Å²) in [5, 5.41) is 0. The topological polar surface area (TPSA) is 0 Å². The zero-order valence-corrected chi connectivity index (χ0v) is 12.5. The third kappa shape index (κ3) is 3.60. The molecule has 5 heteroatoms. The van der Waals surface area contributed by atoms with Crippen molar-refractivity contribution < 1.29 is 64.3 Å². The smallest absolute Gasteiger partial charge is 0.445 e. The van der Waals surface area contributed by atoms with Crippen LogP contribution in [0.2, 0.25) is 0 Å². The molecule has 0 spiro atoms. The zero-order chi connectivity index (χ0) is 10.9. The van der Waals surface area contributed by atoms with E-state index in [2.05, 4.69) is 0 Å². The minimum atomic E-state index is -4.84. The molecule has 1 fully saturated rings. The van der Waals surface area contributed by atoms with Gasteiger partial charge in [0.05, 0.1) is 0 Å². The summed E-state index contributed by atoms with van der Waals surface area (Å²) in [6.45, 7) is -4.84. The molecule has 0 atom stereocenters. The van der Waals surface area contributed by atoms with Crippen molar-refractivity contribution in [2.75, 3.05) is 0 Å². The van der Waals surface area contributed by atoms with Gasteiger partial charge in [-0.15, -0.1) is 5.46 Å². The molecular formula is C11H13BF3K. The molecule has 0 bridgehead atoms. The Bertz CT molecular complexity index is 345. The number of halogens is 3. The zero-order valence-electron chi connectivity index (χ0n) is 9.43. The van der Waals surface area contributed by atoms with Crippen molar-refractivity contribution in [3.63, 3.8) is 0 Å². The van der Waals surface area contributed by atoms with Gasteiger partial charge < -0.3 is 12.9 Å². The van der Waals surface area contributed by atoms with E-state index in [0.29, 0.717) is 5.92 Å². The van der Waals surface area contributed by atoms with Gasteiger partial charge in [0, 0.05) is 0 Å². The van der Waals surface area contributed by atoms with Crippen LogP contribution in [-0.4, -0.2) is 6.98 Å². The van der Waals surface area contributed by atoms with Gasteiger partial charge in [-0.05, 0) is 24.3 Å². The molecule has 1 aliphatic carbocycles. The maximum atomic E-state index is 12.5. The second kappa shape index (κ2) is 6.05. The Morgan fingerprint density at radius 2 is 1.69 bits per heavy atom. The molecule has 0 saturated heterocycles. The Balaban J connectivity index is 0.00000128. The van der Waals surface area contributed by atoms with Crippen LogP contribution in [0.15, 0.2) is 24.3 Å². The van der Waals surface area contributed by atoms with Gasteiger partial charge in [-0.25, -0.2) is 0 Å². The summed E-state index contributed by atoms with van der Waals surface area (Å²) in [7, 11) is 0. The van der Waals surface area contributed by atoms with Crippen LogP contribution in [0.4, 0.5) is 12.9 Å². The SMILES string of the molecule is F[B-](F)(F)c1cccc(C2CCCC2)c1.[K+]. The summed E-state index contributed by atoms with van der Waals surface area (Å²) in [5.41, 5.74) is 0.406. The van der Waals surface area contributed by atoms with E-state index in [0.717, 1.165) is 31.2 Å².